The highest BCUT2D eigenvalue weighted by atomic mass is 16.2. The molecule has 1 spiro atoms. The third-order valence-corrected chi connectivity index (χ3v) is 7.18. The van der Waals surface area contributed by atoms with Gasteiger partial charge in [0.2, 0.25) is 0 Å². The van der Waals surface area contributed by atoms with E-state index < -0.39 is 5.54 Å². The molecule has 134 valence electrons. The van der Waals surface area contributed by atoms with Crippen LogP contribution in [0.15, 0.2) is 0 Å². The molecule has 24 heavy (non-hydrogen) atoms. The summed E-state index contributed by atoms with van der Waals surface area (Å²) in [6.07, 6.45) is 11.8. The van der Waals surface area contributed by atoms with Gasteiger partial charge in [-0.25, -0.2) is 9.69 Å². The maximum Gasteiger partial charge on any atom is 0.326 e. The molecule has 0 unspecified atom stereocenters. The standard InChI is InChI=1S/C19H31N3O2/c1-14-7-4-5-11-19(14)17(23)22(18(24)20-19)13-21-12-6-9-15-8-2-3-10-16(15)21/h14-16H,2-13H2,1H3,(H,20,24)/t14-,15-,16+,19+/m1/s1. The van der Waals surface area contributed by atoms with Crippen molar-refractivity contribution in [3.63, 3.8) is 0 Å². The quantitative estimate of drug-likeness (QED) is 0.790. The van der Waals surface area contributed by atoms with Gasteiger partial charge in [0, 0.05) is 12.6 Å². The fraction of sp³-hybridized carbons (Fsp3) is 0.895. The van der Waals surface area contributed by atoms with Gasteiger partial charge in [-0.2, -0.15) is 0 Å². The summed E-state index contributed by atoms with van der Waals surface area (Å²) in [5, 5.41) is 3.09. The number of urea groups is 1. The summed E-state index contributed by atoms with van der Waals surface area (Å²) in [5.41, 5.74) is -0.614. The number of fused-ring (bicyclic) bond motifs is 1. The first-order valence-electron chi connectivity index (χ1n) is 10.00. The molecule has 2 aliphatic heterocycles. The predicted molar refractivity (Wildman–Crippen MR) is 92.3 cm³/mol. The number of carbonyl (C=O) groups is 2. The zero-order valence-corrected chi connectivity index (χ0v) is 14.9. The minimum atomic E-state index is -0.614. The van der Waals surface area contributed by atoms with Gasteiger partial charge < -0.3 is 5.32 Å². The van der Waals surface area contributed by atoms with Crippen molar-refractivity contribution < 1.29 is 9.59 Å². The highest BCUT2D eigenvalue weighted by molar-refractivity contribution is 6.07. The van der Waals surface area contributed by atoms with Crippen LogP contribution in [0, 0.1) is 11.8 Å². The number of hydrogen-bond acceptors (Lipinski definition) is 3. The number of rotatable bonds is 2. The van der Waals surface area contributed by atoms with Crippen molar-refractivity contribution in [1.82, 2.24) is 15.1 Å². The van der Waals surface area contributed by atoms with Gasteiger partial charge in [0.05, 0.1) is 6.67 Å². The number of likely N-dealkylation sites (tertiary alicyclic amines) is 1. The Hall–Kier alpha value is -1.10. The molecule has 0 radical (unpaired) electrons. The Morgan fingerprint density at radius 2 is 1.79 bits per heavy atom. The number of nitrogens with zero attached hydrogens (tertiary/aromatic N) is 2. The van der Waals surface area contributed by atoms with E-state index in [1.807, 2.05) is 0 Å². The van der Waals surface area contributed by atoms with Gasteiger partial charge in [0.1, 0.15) is 5.54 Å². The summed E-state index contributed by atoms with van der Waals surface area (Å²) in [4.78, 5) is 29.7. The summed E-state index contributed by atoms with van der Waals surface area (Å²) < 4.78 is 0. The molecule has 4 aliphatic rings. The summed E-state index contributed by atoms with van der Waals surface area (Å²) >= 11 is 0. The monoisotopic (exact) mass is 333 g/mol. The van der Waals surface area contributed by atoms with Crippen LogP contribution in [0.1, 0.15) is 71.1 Å². The van der Waals surface area contributed by atoms with Crippen molar-refractivity contribution in [3.05, 3.63) is 0 Å². The number of piperidine rings is 1. The predicted octanol–water partition coefficient (Wildman–Crippen LogP) is 3.10. The van der Waals surface area contributed by atoms with E-state index in [0.717, 1.165) is 31.7 Å². The van der Waals surface area contributed by atoms with E-state index in [1.54, 1.807) is 0 Å². The average Bonchev–Trinajstić information content (AvgIpc) is 2.83. The van der Waals surface area contributed by atoms with Gasteiger partial charge in [0.25, 0.3) is 5.91 Å². The third-order valence-electron chi connectivity index (χ3n) is 7.18. The summed E-state index contributed by atoms with van der Waals surface area (Å²) in [7, 11) is 0. The minimum Gasteiger partial charge on any atom is -0.323 e. The van der Waals surface area contributed by atoms with Gasteiger partial charge in [0.15, 0.2) is 0 Å². The molecule has 0 aromatic carbocycles. The van der Waals surface area contributed by atoms with Crippen molar-refractivity contribution in [2.75, 3.05) is 13.2 Å². The van der Waals surface area contributed by atoms with Gasteiger partial charge in [-0.1, -0.05) is 32.6 Å². The van der Waals surface area contributed by atoms with Crippen LogP contribution >= 0.6 is 0 Å². The summed E-state index contributed by atoms with van der Waals surface area (Å²) in [6.45, 7) is 3.65. The molecule has 5 heteroatoms. The Morgan fingerprint density at radius 1 is 1.04 bits per heavy atom. The van der Waals surface area contributed by atoms with E-state index in [-0.39, 0.29) is 17.9 Å². The molecule has 4 rings (SSSR count). The van der Waals surface area contributed by atoms with Crippen molar-refractivity contribution in [3.8, 4) is 0 Å². The molecular formula is C19H31N3O2. The number of nitrogens with one attached hydrogen (secondary N) is 1. The third kappa shape index (κ3) is 2.56. The molecule has 0 aromatic heterocycles. The Labute approximate surface area is 145 Å². The Kier molecular flexibility index (Phi) is 4.31. The molecule has 2 heterocycles. The van der Waals surface area contributed by atoms with Crippen LogP contribution < -0.4 is 5.32 Å². The highest BCUT2D eigenvalue weighted by Gasteiger charge is 2.55. The Balaban J connectivity index is 1.50. The Bertz CT molecular complexity index is 521. The topological polar surface area (TPSA) is 52.7 Å². The van der Waals surface area contributed by atoms with E-state index in [2.05, 4.69) is 17.1 Å². The first-order valence-corrected chi connectivity index (χ1v) is 10.00. The summed E-state index contributed by atoms with van der Waals surface area (Å²) in [5.74, 6) is 1.06. The number of imide groups is 1. The molecule has 4 atom stereocenters. The number of hydrogen-bond donors (Lipinski definition) is 1. The van der Waals surface area contributed by atoms with E-state index in [4.69, 9.17) is 0 Å². The SMILES string of the molecule is C[C@@H]1CCCC[C@]12NC(=O)N(CN1CCC[C@H]3CCCC[C@@H]31)C2=O. The Morgan fingerprint density at radius 3 is 2.62 bits per heavy atom. The van der Waals surface area contributed by atoms with Crippen molar-refractivity contribution in [2.24, 2.45) is 11.8 Å². The van der Waals surface area contributed by atoms with Gasteiger partial charge in [-0.15, -0.1) is 0 Å². The first kappa shape index (κ1) is 16.4. The molecule has 1 N–H and O–H groups in total. The van der Waals surface area contributed by atoms with Crippen LogP contribution in [0.3, 0.4) is 0 Å². The first-order chi connectivity index (χ1) is 11.6. The lowest BCUT2D eigenvalue weighted by Crippen LogP contribution is -2.55. The molecule has 2 saturated carbocycles. The number of amides is 3. The number of carbonyl (C=O) groups excluding carboxylic acids is 2. The van der Waals surface area contributed by atoms with E-state index in [0.29, 0.717) is 12.7 Å². The fourth-order valence-electron chi connectivity index (χ4n) is 5.71. The maximum atomic E-state index is 13.2. The van der Waals surface area contributed by atoms with Gasteiger partial charge in [-0.3, -0.25) is 9.69 Å². The normalized spacial score (nSPS) is 40.7. The molecule has 2 saturated heterocycles. The molecule has 3 amide bonds. The molecular weight excluding hydrogens is 302 g/mol. The molecule has 2 aliphatic carbocycles. The van der Waals surface area contributed by atoms with Crippen molar-refractivity contribution in [1.29, 1.82) is 0 Å². The molecule has 0 bridgehead atoms. The smallest absolute Gasteiger partial charge is 0.323 e. The second kappa shape index (κ2) is 6.32. The highest BCUT2D eigenvalue weighted by Crippen LogP contribution is 2.39. The zero-order chi connectivity index (χ0) is 16.7. The van der Waals surface area contributed by atoms with Crippen LogP contribution in [-0.4, -0.2) is 46.5 Å². The average molecular weight is 333 g/mol. The van der Waals surface area contributed by atoms with Gasteiger partial charge in [-0.05, 0) is 50.4 Å². The van der Waals surface area contributed by atoms with Gasteiger partial charge >= 0.3 is 6.03 Å². The minimum absolute atomic E-state index is 0.0395. The van der Waals surface area contributed by atoms with Crippen LogP contribution in [0.25, 0.3) is 0 Å². The zero-order valence-electron chi connectivity index (χ0n) is 14.9. The largest absolute Gasteiger partial charge is 0.326 e. The van der Waals surface area contributed by atoms with Crippen molar-refractivity contribution >= 4 is 11.9 Å². The lowest BCUT2D eigenvalue weighted by Gasteiger charge is -2.45. The van der Waals surface area contributed by atoms with Crippen LogP contribution in [0.4, 0.5) is 4.79 Å². The summed E-state index contributed by atoms with van der Waals surface area (Å²) in [6, 6.07) is 0.417. The second-order valence-electron chi connectivity index (χ2n) is 8.49. The van der Waals surface area contributed by atoms with Crippen LogP contribution in [-0.2, 0) is 4.79 Å². The van der Waals surface area contributed by atoms with Crippen LogP contribution in [0.5, 0.6) is 0 Å². The molecule has 0 aromatic rings. The van der Waals surface area contributed by atoms with E-state index in [1.165, 1.54) is 49.8 Å². The fourth-order valence-corrected chi connectivity index (χ4v) is 5.71. The molecule has 4 fully saturated rings. The lowest BCUT2D eigenvalue weighted by molar-refractivity contribution is -0.136. The van der Waals surface area contributed by atoms with Crippen molar-refractivity contribution in [2.45, 2.75) is 82.7 Å². The van der Waals surface area contributed by atoms with E-state index >= 15 is 0 Å². The van der Waals surface area contributed by atoms with E-state index in [9.17, 15) is 9.59 Å². The lowest BCUT2D eigenvalue weighted by atomic mass is 9.73. The second-order valence-corrected chi connectivity index (χ2v) is 8.49. The van der Waals surface area contributed by atoms with Crippen LogP contribution in [0.2, 0.25) is 0 Å². The maximum absolute atomic E-state index is 13.2. The molecule has 5 nitrogen and oxygen atoms in total.